The molecule has 1 amide bonds. The molecule has 33 heavy (non-hydrogen) atoms. The Kier molecular flexibility index (Phi) is 6.37. The summed E-state index contributed by atoms with van der Waals surface area (Å²) in [4.78, 5) is 12.4. The molecule has 0 aliphatic carbocycles. The quantitative estimate of drug-likeness (QED) is 0.394. The van der Waals surface area contributed by atoms with E-state index in [1.165, 1.54) is 31.4 Å². The molecule has 0 aliphatic rings. The molecule has 0 aliphatic heterocycles. The van der Waals surface area contributed by atoms with Crippen LogP contribution in [0.3, 0.4) is 0 Å². The molecule has 0 spiro atoms. The van der Waals surface area contributed by atoms with Gasteiger partial charge in [-0.25, -0.2) is 13.5 Å². The van der Waals surface area contributed by atoms with Gasteiger partial charge < -0.3 is 14.8 Å². The zero-order valence-electron chi connectivity index (χ0n) is 18.2. The number of fused-ring (bicyclic) bond motifs is 1. The fourth-order valence-corrected chi connectivity index (χ4v) is 3.72. The fraction of sp³-hybridized carbons (Fsp3) is 0.200. The van der Waals surface area contributed by atoms with E-state index < -0.39 is 17.4 Å². The molecule has 0 saturated heterocycles. The van der Waals surface area contributed by atoms with E-state index in [-0.39, 0.29) is 12.4 Å². The van der Waals surface area contributed by atoms with E-state index in [4.69, 9.17) is 9.47 Å². The van der Waals surface area contributed by atoms with E-state index in [9.17, 15) is 13.6 Å². The third-order valence-corrected chi connectivity index (χ3v) is 5.31. The lowest BCUT2D eigenvalue weighted by atomic mass is 9.99. The van der Waals surface area contributed by atoms with Crippen LogP contribution in [0.1, 0.15) is 18.9 Å². The topological polar surface area (TPSA) is 65.4 Å². The van der Waals surface area contributed by atoms with Crippen molar-refractivity contribution in [2.45, 2.75) is 19.1 Å². The van der Waals surface area contributed by atoms with Crippen LogP contribution in [0, 0.1) is 11.6 Å². The minimum atomic E-state index is -1.31. The number of hydrogen-bond acceptors (Lipinski definition) is 4. The molecular weight excluding hydrogens is 428 g/mol. The van der Waals surface area contributed by atoms with Crippen LogP contribution in [-0.4, -0.2) is 29.4 Å². The van der Waals surface area contributed by atoms with E-state index >= 15 is 0 Å². The maximum absolute atomic E-state index is 14.0. The summed E-state index contributed by atoms with van der Waals surface area (Å²) >= 11 is 0. The van der Waals surface area contributed by atoms with E-state index in [2.05, 4.69) is 10.4 Å². The normalized spacial score (nSPS) is 13.0. The number of halogens is 2. The predicted octanol–water partition coefficient (Wildman–Crippen LogP) is 4.71. The van der Waals surface area contributed by atoms with Crippen LogP contribution in [-0.2, 0) is 15.3 Å². The van der Waals surface area contributed by atoms with Gasteiger partial charge in [0.1, 0.15) is 24.0 Å². The van der Waals surface area contributed by atoms with Gasteiger partial charge in [0.05, 0.1) is 17.4 Å². The Morgan fingerprint density at radius 1 is 1.06 bits per heavy atom. The van der Waals surface area contributed by atoms with Crippen molar-refractivity contribution in [2.24, 2.45) is 0 Å². The lowest BCUT2D eigenvalue weighted by Gasteiger charge is -2.35. The van der Waals surface area contributed by atoms with Gasteiger partial charge in [0.15, 0.2) is 0 Å². The smallest absolute Gasteiger partial charge is 0.249 e. The lowest BCUT2D eigenvalue weighted by Crippen LogP contribution is -2.51. The zero-order chi connectivity index (χ0) is 23.4. The van der Waals surface area contributed by atoms with Crippen molar-refractivity contribution in [1.29, 1.82) is 0 Å². The summed E-state index contributed by atoms with van der Waals surface area (Å²) in [6.07, 6.45) is 2.00. The average molecular weight is 451 g/mol. The number of nitrogens with one attached hydrogen (secondary N) is 1. The molecule has 8 heteroatoms. The number of carbonyl (C=O) groups is 1. The maximum Gasteiger partial charge on any atom is 0.249 e. The number of aromatic nitrogens is 2. The average Bonchev–Trinajstić information content (AvgIpc) is 3.22. The van der Waals surface area contributed by atoms with E-state index in [1.807, 2.05) is 13.0 Å². The molecule has 170 valence electrons. The van der Waals surface area contributed by atoms with Crippen molar-refractivity contribution in [2.75, 3.05) is 13.7 Å². The summed E-state index contributed by atoms with van der Waals surface area (Å²) in [5.41, 5.74) is 0.676. The van der Waals surface area contributed by atoms with Crippen LogP contribution in [0.4, 0.5) is 8.78 Å². The molecule has 4 aromatic rings. The van der Waals surface area contributed by atoms with Crippen LogP contribution in [0.5, 0.6) is 5.75 Å². The molecule has 0 bridgehead atoms. The predicted molar refractivity (Wildman–Crippen MR) is 120 cm³/mol. The number of hydrogen-bond donors (Lipinski definition) is 1. The van der Waals surface area contributed by atoms with Gasteiger partial charge in [-0.15, -0.1) is 0 Å². The Morgan fingerprint density at radius 2 is 1.85 bits per heavy atom. The number of carbonyl (C=O) groups excluding carboxylic acids is 1. The first-order chi connectivity index (χ1) is 15.9. The van der Waals surface area contributed by atoms with Gasteiger partial charge in [-0.3, -0.25) is 4.79 Å². The van der Waals surface area contributed by atoms with Gasteiger partial charge in [-0.05, 0) is 54.6 Å². The van der Waals surface area contributed by atoms with Gasteiger partial charge in [0.2, 0.25) is 11.6 Å². The minimum absolute atomic E-state index is 0.163. The number of methoxy groups -OCH3 is 1. The number of rotatable bonds is 8. The van der Waals surface area contributed by atoms with Gasteiger partial charge >= 0.3 is 0 Å². The molecule has 1 unspecified atom stereocenters. The van der Waals surface area contributed by atoms with Gasteiger partial charge in [0.25, 0.3) is 0 Å². The van der Waals surface area contributed by atoms with E-state index in [1.54, 1.807) is 47.3 Å². The molecular formula is C25H23F2N3O3. The van der Waals surface area contributed by atoms with Crippen LogP contribution < -0.4 is 10.1 Å². The molecule has 6 nitrogen and oxygen atoms in total. The van der Waals surface area contributed by atoms with Gasteiger partial charge in [-0.2, -0.15) is 5.10 Å². The van der Waals surface area contributed by atoms with Gasteiger partial charge in [0, 0.05) is 24.5 Å². The maximum atomic E-state index is 14.0. The molecule has 0 fully saturated rings. The zero-order valence-corrected chi connectivity index (χ0v) is 18.2. The lowest BCUT2D eigenvalue weighted by molar-refractivity contribution is -0.131. The van der Waals surface area contributed by atoms with Crippen molar-refractivity contribution in [3.63, 3.8) is 0 Å². The highest BCUT2D eigenvalue weighted by Gasteiger charge is 2.35. The van der Waals surface area contributed by atoms with E-state index in [0.29, 0.717) is 17.7 Å². The largest absolute Gasteiger partial charge is 0.464 e. The van der Waals surface area contributed by atoms with Crippen LogP contribution >= 0.6 is 0 Å². The first-order valence-electron chi connectivity index (χ1n) is 10.4. The molecule has 0 saturated carbocycles. The second kappa shape index (κ2) is 9.38. The molecule has 3 aromatic carbocycles. The highest BCUT2D eigenvalue weighted by atomic mass is 19.1. The summed E-state index contributed by atoms with van der Waals surface area (Å²) in [6, 6.07) is 17.3. The van der Waals surface area contributed by atoms with Crippen molar-refractivity contribution in [1.82, 2.24) is 15.1 Å². The number of ether oxygens (including phenoxy) is 2. The molecule has 0 radical (unpaired) electrons. The molecule has 1 atom stereocenters. The van der Waals surface area contributed by atoms with Crippen LogP contribution in [0.2, 0.25) is 0 Å². The summed E-state index contributed by atoms with van der Waals surface area (Å²) in [5, 5.41) is 8.03. The summed E-state index contributed by atoms with van der Waals surface area (Å²) in [5.74, 6) is -0.695. The summed E-state index contributed by atoms with van der Waals surface area (Å²) in [7, 11) is 1.42. The highest BCUT2D eigenvalue weighted by molar-refractivity contribution is 5.82. The first-order valence-corrected chi connectivity index (χ1v) is 10.4. The number of benzene rings is 3. The second-order valence-corrected chi connectivity index (χ2v) is 7.53. The summed E-state index contributed by atoms with van der Waals surface area (Å²) in [6.45, 7) is 1.67. The molecule has 1 N–H and O–H groups in total. The highest BCUT2D eigenvalue weighted by Crippen LogP contribution is 2.32. The Morgan fingerprint density at radius 3 is 2.55 bits per heavy atom. The van der Waals surface area contributed by atoms with Crippen molar-refractivity contribution in [3.05, 3.63) is 90.1 Å². The van der Waals surface area contributed by atoms with Crippen molar-refractivity contribution in [3.8, 4) is 11.4 Å². The minimum Gasteiger partial charge on any atom is -0.464 e. The Bertz CT molecular complexity index is 1270. The monoisotopic (exact) mass is 451 g/mol. The molecule has 1 aromatic heterocycles. The van der Waals surface area contributed by atoms with Crippen molar-refractivity contribution >= 4 is 16.8 Å². The van der Waals surface area contributed by atoms with Gasteiger partial charge in [-0.1, -0.05) is 19.1 Å². The SMILES string of the molecule is CCC(NC(=O)COC)(Oc1ccc2c(cnn2-c2ccc(F)cc2)c1)c1cccc(F)c1. The first kappa shape index (κ1) is 22.4. The Labute approximate surface area is 189 Å². The number of nitrogens with zero attached hydrogens (tertiary/aromatic N) is 2. The van der Waals surface area contributed by atoms with E-state index in [0.717, 1.165) is 16.6 Å². The standard InChI is InChI=1S/C25H23F2N3O3/c1-3-25(29-24(31)16-32-2,18-5-4-6-20(27)14-18)33-22-11-12-23-17(13-22)15-28-30(23)21-9-7-19(26)8-10-21/h4-15H,3,16H2,1-2H3,(H,29,31). The van der Waals surface area contributed by atoms with Crippen LogP contribution in [0.25, 0.3) is 16.6 Å². The third-order valence-electron chi connectivity index (χ3n) is 5.31. The Balaban J connectivity index is 1.71. The second-order valence-electron chi connectivity index (χ2n) is 7.53. The summed E-state index contributed by atoms with van der Waals surface area (Å²) < 4.78 is 40.2. The molecule has 4 rings (SSSR count). The van der Waals surface area contributed by atoms with Crippen molar-refractivity contribution < 1.29 is 23.0 Å². The number of amides is 1. The fourth-order valence-electron chi connectivity index (χ4n) is 3.72. The molecule has 1 heterocycles. The third kappa shape index (κ3) is 4.70. The Hall–Kier alpha value is -3.78. The van der Waals surface area contributed by atoms with Crippen LogP contribution in [0.15, 0.2) is 72.9 Å².